The summed E-state index contributed by atoms with van der Waals surface area (Å²) in [4.78, 5) is 28.5. The average molecular weight is 467 g/mol. The molecule has 0 saturated heterocycles. The van der Waals surface area contributed by atoms with Gasteiger partial charge in [0.05, 0.1) is 30.7 Å². The van der Waals surface area contributed by atoms with Crippen LogP contribution >= 0.6 is 11.6 Å². The predicted molar refractivity (Wildman–Crippen MR) is 122 cm³/mol. The van der Waals surface area contributed by atoms with Crippen molar-refractivity contribution in [2.75, 3.05) is 18.6 Å². The minimum atomic E-state index is -0.818. The summed E-state index contributed by atoms with van der Waals surface area (Å²) in [7, 11) is 1.53. The van der Waals surface area contributed by atoms with E-state index in [2.05, 4.69) is 5.16 Å². The first kappa shape index (κ1) is 21.1. The van der Waals surface area contributed by atoms with Crippen LogP contribution in [0.25, 0.3) is 11.0 Å². The Labute approximate surface area is 193 Å². The molecule has 1 atom stereocenters. The number of nitrogens with zero attached hydrogens (tertiary/aromatic N) is 2. The lowest BCUT2D eigenvalue weighted by molar-refractivity contribution is 0.0969. The molecule has 0 saturated carbocycles. The second-order valence-electron chi connectivity index (χ2n) is 7.53. The number of rotatable bonds is 5. The van der Waals surface area contributed by atoms with Gasteiger partial charge in [0.1, 0.15) is 11.3 Å². The van der Waals surface area contributed by atoms with Gasteiger partial charge in [0.15, 0.2) is 22.7 Å². The fraction of sp³-hybridized carbons (Fsp3) is 0.208. The predicted octanol–water partition coefficient (Wildman–Crippen LogP) is 4.90. The van der Waals surface area contributed by atoms with E-state index in [9.17, 15) is 9.59 Å². The monoisotopic (exact) mass is 466 g/mol. The molecule has 168 valence electrons. The van der Waals surface area contributed by atoms with E-state index in [1.807, 2.05) is 6.92 Å². The van der Waals surface area contributed by atoms with E-state index in [4.69, 9.17) is 30.0 Å². The Hall–Kier alpha value is -3.78. The summed E-state index contributed by atoms with van der Waals surface area (Å²) in [6, 6.07) is 10.8. The first-order valence-electron chi connectivity index (χ1n) is 10.3. The quantitative estimate of drug-likeness (QED) is 0.412. The van der Waals surface area contributed by atoms with Gasteiger partial charge < -0.3 is 18.4 Å². The summed E-state index contributed by atoms with van der Waals surface area (Å²) < 4.78 is 22.2. The van der Waals surface area contributed by atoms with Gasteiger partial charge in [-0.2, -0.15) is 0 Å². The lowest BCUT2D eigenvalue weighted by Gasteiger charge is -2.23. The van der Waals surface area contributed by atoms with Crippen LogP contribution in [0.4, 0.5) is 5.82 Å². The van der Waals surface area contributed by atoms with Crippen LogP contribution in [0.5, 0.6) is 11.5 Å². The number of aryl methyl sites for hydroxylation is 1. The van der Waals surface area contributed by atoms with Gasteiger partial charge in [0.25, 0.3) is 5.91 Å². The Morgan fingerprint density at radius 3 is 2.64 bits per heavy atom. The molecule has 5 rings (SSSR count). The topological polar surface area (TPSA) is 95.0 Å². The van der Waals surface area contributed by atoms with Crippen molar-refractivity contribution in [3.05, 3.63) is 80.4 Å². The van der Waals surface area contributed by atoms with E-state index < -0.39 is 11.9 Å². The second-order valence-corrected chi connectivity index (χ2v) is 7.97. The molecule has 33 heavy (non-hydrogen) atoms. The molecular formula is C24H19ClN2O6. The largest absolute Gasteiger partial charge is 0.493 e. The number of anilines is 1. The average Bonchev–Trinajstić information content (AvgIpc) is 3.36. The van der Waals surface area contributed by atoms with E-state index >= 15 is 0 Å². The SMILES string of the molecule is CCOc1ccc(C2c3c(oc4ccc(Cl)cc4c3=O)C(=O)N2c2cc(C)on2)cc1OC. The van der Waals surface area contributed by atoms with Gasteiger partial charge in [-0.3, -0.25) is 14.5 Å². The molecule has 0 bridgehead atoms. The third-order valence-corrected chi connectivity index (χ3v) is 5.73. The smallest absolute Gasteiger partial charge is 0.296 e. The fourth-order valence-electron chi connectivity index (χ4n) is 4.09. The summed E-state index contributed by atoms with van der Waals surface area (Å²) in [5, 5.41) is 4.70. The maximum atomic E-state index is 13.6. The number of hydrogen-bond acceptors (Lipinski definition) is 7. The molecule has 2 aromatic carbocycles. The molecule has 4 aromatic rings. The molecule has 0 aliphatic carbocycles. The highest BCUT2D eigenvalue weighted by Gasteiger charge is 2.45. The van der Waals surface area contributed by atoms with Gasteiger partial charge in [-0.05, 0) is 49.7 Å². The number of carbonyl (C=O) groups is 1. The van der Waals surface area contributed by atoms with Crippen LogP contribution in [0, 0.1) is 6.92 Å². The number of fused-ring (bicyclic) bond motifs is 2. The van der Waals surface area contributed by atoms with Gasteiger partial charge in [-0.1, -0.05) is 22.8 Å². The number of halogens is 1. The van der Waals surface area contributed by atoms with Crippen molar-refractivity contribution < 1.29 is 23.2 Å². The lowest BCUT2D eigenvalue weighted by atomic mass is 9.98. The van der Waals surface area contributed by atoms with Crippen molar-refractivity contribution in [3.63, 3.8) is 0 Å². The maximum Gasteiger partial charge on any atom is 0.296 e. The van der Waals surface area contributed by atoms with Crippen LogP contribution in [-0.4, -0.2) is 24.8 Å². The molecule has 0 spiro atoms. The van der Waals surface area contributed by atoms with E-state index in [1.54, 1.807) is 43.3 Å². The number of methoxy groups -OCH3 is 1. The molecule has 1 aliphatic rings. The van der Waals surface area contributed by atoms with Crippen LogP contribution in [0.15, 0.2) is 56.2 Å². The van der Waals surface area contributed by atoms with Gasteiger partial charge in [-0.15, -0.1) is 0 Å². The van der Waals surface area contributed by atoms with Crippen LogP contribution in [0.1, 0.15) is 40.4 Å². The number of amides is 1. The third kappa shape index (κ3) is 3.34. The second kappa shape index (κ2) is 7.97. The molecule has 9 heteroatoms. The van der Waals surface area contributed by atoms with Crippen molar-refractivity contribution in [2.45, 2.75) is 19.9 Å². The zero-order valence-electron chi connectivity index (χ0n) is 18.0. The summed E-state index contributed by atoms with van der Waals surface area (Å²) in [5.74, 6) is 1.27. The summed E-state index contributed by atoms with van der Waals surface area (Å²) in [6.45, 7) is 4.05. The summed E-state index contributed by atoms with van der Waals surface area (Å²) >= 11 is 6.13. The molecule has 0 N–H and O–H groups in total. The van der Waals surface area contributed by atoms with Crippen LogP contribution in [-0.2, 0) is 0 Å². The Bertz CT molecular complexity index is 1460. The van der Waals surface area contributed by atoms with E-state index in [0.717, 1.165) is 0 Å². The molecule has 8 nitrogen and oxygen atoms in total. The number of carbonyl (C=O) groups excluding carboxylic acids is 1. The standard InChI is InChI=1S/C24H19ClN2O6/c1-4-31-17-7-5-13(10-18(17)30-3)21-20-22(28)15-11-14(25)6-8-16(15)32-23(20)24(29)27(21)19-9-12(2)33-26-19/h5-11,21H,4H2,1-3H3. The third-order valence-electron chi connectivity index (χ3n) is 5.50. The van der Waals surface area contributed by atoms with Crippen molar-refractivity contribution >= 4 is 34.3 Å². The fourth-order valence-corrected chi connectivity index (χ4v) is 4.26. The maximum absolute atomic E-state index is 13.6. The molecule has 1 unspecified atom stereocenters. The molecule has 3 heterocycles. The van der Waals surface area contributed by atoms with Crippen molar-refractivity contribution in [3.8, 4) is 11.5 Å². The molecule has 1 aliphatic heterocycles. The van der Waals surface area contributed by atoms with Crippen molar-refractivity contribution in [2.24, 2.45) is 0 Å². The highest BCUT2D eigenvalue weighted by molar-refractivity contribution is 6.31. The number of benzene rings is 2. The zero-order valence-corrected chi connectivity index (χ0v) is 18.8. The first-order valence-corrected chi connectivity index (χ1v) is 10.6. The molecule has 0 radical (unpaired) electrons. The highest BCUT2D eigenvalue weighted by Crippen LogP contribution is 2.43. The van der Waals surface area contributed by atoms with Crippen LogP contribution in [0.2, 0.25) is 5.02 Å². The van der Waals surface area contributed by atoms with Crippen molar-refractivity contribution in [1.29, 1.82) is 0 Å². The highest BCUT2D eigenvalue weighted by atomic mass is 35.5. The Balaban J connectivity index is 1.79. The molecule has 1 amide bonds. The number of ether oxygens (including phenoxy) is 2. The Morgan fingerprint density at radius 1 is 1.12 bits per heavy atom. The zero-order chi connectivity index (χ0) is 23.3. The molecule has 0 fully saturated rings. The van der Waals surface area contributed by atoms with E-state index in [-0.39, 0.29) is 33.5 Å². The Kier molecular flexibility index (Phi) is 5.09. The normalized spacial score (nSPS) is 15.2. The van der Waals surface area contributed by atoms with E-state index in [0.29, 0.717) is 34.5 Å². The summed E-state index contributed by atoms with van der Waals surface area (Å²) in [6.07, 6.45) is 0. The van der Waals surface area contributed by atoms with Gasteiger partial charge in [0.2, 0.25) is 5.76 Å². The Morgan fingerprint density at radius 2 is 1.94 bits per heavy atom. The van der Waals surface area contributed by atoms with Gasteiger partial charge in [0, 0.05) is 11.1 Å². The van der Waals surface area contributed by atoms with Gasteiger partial charge in [-0.25, -0.2) is 0 Å². The lowest BCUT2D eigenvalue weighted by Crippen LogP contribution is -2.29. The molecular weight excluding hydrogens is 448 g/mol. The van der Waals surface area contributed by atoms with Crippen LogP contribution in [0.3, 0.4) is 0 Å². The van der Waals surface area contributed by atoms with Crippen molar-refractivity contribution in [1.82, 2.24) is 5.16 Å². The van der Waals surface area contributed by atoms with Gasteiger partial charge >= 0.3 is 0 Å². The number of hydrogen-bond donors (Lipinski definition) is 0. The molecule has 2 aromatic heterocycles. The van der Waals surface area contributed by atoms with E-state index in [1.165, 1.54) is 18.1 Å². The summed E-state index contributed by atoms with van der Waals surface area (Å²) in [5.41, 5.74) is 0.749. The number of aromatic nitrogens is 1. The minimum absolute atomic E-state index is 0.0478. The van der Waals surface area contributed by atoms with Crippen LogP contribution < -0.4 is 19.8 Å². The minimum Gasteiger partial charge on any atom is -0.493 e. The first-order chi connectivity index (χ1) is 15.9.